The van der Waals surface area contributed by atoms with Gasteiger partial charge in [-0.25, -0.2) is 9.37 Å². The number of anilines is 2. The van der Waals surface area contributed by atoms with E-state index >= 15 is 0 Å². The summed E-state index contributed by atoms with van der Waals surface area (Å²) in [5.74, 6) is -0.764. The maximum absolute atomic E-state index is 12.8. The molecule has 0 aliphatic heterocycles. The molecule has 1 amide bonds. The zero-order chi connectivity index (χ0) is 15.5. The molecule has 0 aliphatic rings. The van der Waals surface area contributed by atoms with Gasteiger partial charge in [-0.3, -0.25) is 10.1 Å². The average Bonchev–Trinajstić information content (AvgIpc) is 3.09. The molecule has 10 heteroatoms. The van der Waals surface area contributed by atoms with Crippen LogP contribution < -0.4 is 11.1 Å². The van der Waals surface area contributed by atoms with Crippen LogP contribution in [0.2, 0.25) is 0 Å². The molecule has 0 fully saturated rings. The van der Waals surface area contributed by atoms with Crippen molar-refractivity contribution < 1.29 is 9.18 Å². The zero-order valence-electron chi connectivity index (χ0n) is 10.8. The van der Waals surface area contributed by atoms with Gasteiger partial charge in [0.2, 0.25) is 5.13 Å². The Morgan fingerprint density at radius 3 is 2.64 bits per heavy atom. The van der Waals surface area contributed by atoms with Gasteiger partial charge in [0.05, 0.1) is 6.20 Å². The van der Waals surface area contributed by atoms with Crippen LogP contribution in [0, 0.1) is 5.82 Å². The number of thiazole rings is 1. The first kappa shape index (κ1) is 14.9. The molecule has 3 rings (SSSR count). The number of hydrogen-bond donors (Lipinski definition) is 2. The lowest BCUT2D eigenvalue weighted by Gasteiger charge is -2.00. The van der Waals surface area contributed by atoms with Crippen LogP contribution in [0.5, 0.6) is 0 Å². The molecule has 3 N–H and O–H groups in total. The molecule has 0 atom stereocenters. The Kier molecular flexibility index (Phi) is 4.32. The molecule has 0 bridgehead atoms. The van der Waals surface area contributed by atoms with Crippen LogP contribution in [-0.2, 0) is 0 Å². The van der Waals surface area contributed by atoms with E-state index in [1.54, 1.807) is 6.20 Å². The monoisotopic (exact) mass is 353 g/mol. The Morgan fingerprint density at radius 2 is 1.95 bits per heavy atom. The smallest absolute Gasteiger partial charge is 0.257 e. The molecule has 0 aliphatic carbocycles. The van der Waals surface area contributed by atoms with Crippen molar-refractivity contribution in [3.05, 3.63) is 41.8 Å². The molecule has 3 aromatic rings. The number of aromatic nitrogens is 3. The summed E-state index contributed by atoms with van der Waals surface area (Å²) in [7, 11) is 0. The molecule has 112 valence electrons. The molecule has 0 radical (unpaired) electrons. The first-order valence-corrected chi connectivity index (χ1v) is 8.35. The van der Waals surface area contributed by atoms with Gasteiger partial charge in [0.25, 0.3) is 5.91 Å². The minimum Gasteiger partial charge on any atom is -0.389 e. The van der Waals surface area contributed by atoms with Crippen LogP contribution in [0.25, 0.3) is 0 Å². The normalized spacial score (nSPS) is 10.6. The highest BCUT2D eigenvalue weighted by atomic mass is 32.2. The fourth-order valence-electron chi connectivity index (χ4n) is 1.46. The fourth-order valence-corrected chi connectivity index (χ4v) is 4.18. The lowest BCUT2D eigenvalue weighted by molar-refractivity contribution is 0.102. The highest BCUT2D eigenvalue weighted by molar-refractivity contribution is 8.02. The Labute approximate surface area is 136 Å². The predicted octanol–water partition coefficient (Wildman–Crippen LogP) is 3.12. The third kappa shape index (κ3) is 3.59. The predicted molar refractivity (Wildman–Crippen MR) is 84.9 cm³/mol. The summed E-state index contributed by atoms with van der Waals surface area (Å²) in [5.41, 5.74) is 5.95. The average molecular weight is 353 g/mol. The van der Waals surface area contributed by atoms with Crippen molar-refractivity contribution in [3.8, 4) is 0 Å². The van der Waals surface area contributed by atoms with Crippen molar-refractivity contribution in [1.82, 2.24) is 15.2 Å². The number of hydrogen-bond acceptors (Lipinski definition) is 8. The van der Waals surface area contributed by atoms with E-state index in [0.29, 0.717) is 20.0 Å². The zero-order valence-corrected chi connectivity index (χ0v) is 13.3. The second-order valence-corrected chi connectivity index (χ2v) is 7.50. The summed E-state index contributed by atoms with van der Waals surface area (Å²) >= 11 is 3.90. The van der Waals surface area contributed by atoms with Crippen molar-refractivity contribution >= 4 is 50.5 Å². The number of carbonyl (C=O) groups excluding carboxylic acids is 1. The van der Waals surface area contributed by atoms with Gasteiger partial charge in [-0.15, -0.1) is 10.2 Å². The van der Waals surface area contributed by atoms with Crippen LogP contribution >= 0.6 is 34.4 Å². The van der Waals surface area contributed by atoms with Gasteiger partial charge in [-0.2, -0.15) is 0 Å². The first-order valence-electron chi connectivity index (χ1n) is 5.90. The lowest BCUT2D eigenvalue weighted by Crippen LogP contribution is -2.11. The number of benzene rings is 1. The van der Waals surface area contributed by atoms with Crippen molar-refractivity contribution in [2.75, 3.05) is 11.1 Å². The van der Waals surface area contributed by atoms with Gasteiger partial charge in [0, 0.05) is 5.56 Å². The molecule has 6 nitrogen and oxygen atoms in total. The summed E-state index contributed by atoms with van der Waals surface area (Å²) in [6.07, 6.45) is 1.57. The van der Waals surface area contributed by atoms with E-state index in [2.05, 4.69) is 20.5 Å². The summed E-state index contributed by atoms with van der Waals surface area (Å²) in [6, 6.07) is 5.26. The maximum Gasteiger partial charge on any atom is 0.257 e. The Hall–Kier alpha value is -2.04. The highest BCUT2D eigenvalue weighted by Crippen LogP contribution is 2.34. The minimum absolute atomic E-state index is 0.346. The van der Waals surface area contributed by atoms with E-state index < -0.39 is 5.82 Å². The SMILES string of the molecule is Nc1cnc(Sc2nnc(NC(=O)c3ccc(F)cc3)s2)s1. The molecule has 22 heavy (non-hydrogen) atoms. The second kappa shape index (κ2) is 6.38. The Balaban J connectivity index is 1.66. The van der Waals surface area contributed by atoms with Crippen molar-refractivity contribution in [3.63, 3.8) is 0 Å². The number of nitrogens with two attached hydrogens (primary N) is 1. The largest absolute Gasteiger partial charge is 0.389 e. The van der Waals surface area contributed by atoms with E-state index in [0.717, 1.165) is 4.34 Å². The van der Waals surface area contributed by atoms with Crippen LogP contribution in [0.4, 0.5) is 14.5 Å². The standard InChI is InChI=1S/C12H8FN5OS3/c13-7-3-1-6(2-4-7)9(19)16-10-17-18-12(21-10)22-11-15-5-8(14)20-11/h1-5H,14H2,(H,16,17,19). The van der Waals surface area contributed by atoms with Gasteiger partial charge in [-0.05, 0) is 36.0 Å². The Morgan fingerprint density at radius 1 is 1.18 bits per heavy atom. The van der Waals surface area contributed by atoms with E-state index in [1.807, 2.05) is 0 Å². The van der Waals surface area contributed by atoms with Crippen molar-refractivity contribution in [1.29, 1.82) is 0 Å². The topological polar surface area (TPSA) is 93.8 Å². The number of nitrogen functional groups attached to an aromatic ring is 1. The van der Waals surface area contributed by atoms with Gasteiger partial charge < -0.3 is 5.73 Å². The third-order valence-electron chi connectivity index (χ3n) is 2.41. The van der Waals surface area contributed by atoms with Crippen molar-refractivity contribution in [2.24, 2.45) is 0 Å². The summed E-state index contributed by atoms with van der Waals surface area (Å²) in [4.78, 5) is 16.1. The molecule has 0 spiro atoms. The lowest BCUT2D eigenvalue weighted by atomic mass is 10.2. The van der Waals surface area contributed by atoms with E-state index in [-0.39, 0.29) is 5.91 Å². The molecule has 1 aromatic carbocycles. The number of carbonyl (C=O) groups is 1. The highest BCUT2D eigenvalue weighted by Gasteiger charge is 2.12. The van der Waals surface area contributed by atoms with Gasteiger partial charge in [-0.1, -0.05) is 22.7 Å². The van der Waals surface area contributed by atoms with Crippen molar-refractivity contribution in [2.45, 2.75) is 8.68 Å². The second-order valence-electron chi connectivity index (χ2n) is 3.96. The molecular weight excluding hydrogens is 345 g/mol. The molecular formula is C12H8FN5OS3. The molecule has 0 unspecified atom stereocenters. The van der Waals surface area contributed by atoms with Crippen LogP contribution in [0.3, 0.4) is 0 Å². The van der Waals surface area contributed by atoms with Gasteiger partial charge in [0.15, 0.2) is 8.68 Å². The van der Waals surface area contributed by atoms with E-state index in [4.69, 9.17) is 5.73 Å². The Bertz CT molecular complexity index is 801. The number of amides is 1. The minimum atomic E-state index is -0.395. The number of nitrogens with one attached hydrogen (secondary N) is 1. The van der Waals surface area contributed by atoms with Crippen LogP contribution in [0.1, 0.15) is 10.4 Å². The number of nitrogens with zero attached hydrogens (tertiary/aromatic N) is 3. The van der Waals surface area contributed by atoms with Crippen LogP contribution in [0.15, 0.2) is 39.1 Å². The maximum atomic E-state index is 12.8. The van der Waals surface area contributed by atoms with Gasteiger partial charge >= 0.3 is 0 Å². The quantitative estimate of drug-likeness (QED) is 0.700. The van der Waals surface area contributed by atoms with E-state index in [1.165, 1.54) is 58.7 Å². The first-order chi connectivity index (χ1) is 10.6. The summed E-state index contributed by atoms with van der Waals surface area (Å²) in [6.45, 7) is 0. The molecule has 2 aromatic heterocycles. The van der Waals surface area contributed by atoms with Crippen LogP contribution in [-0.4, -0.2) is 21.1 Å². The summed E-state index contributed by atoms with van der Waals surface area (Å²) in [5, 5.41) is 11.5. The third-order valence-corrected chi connectivity index (χ3v) is 5.20. The molecule has 0 saturated carbocycles. The molecule has 0 saturated heterocycles. The summed E-state index contributed by atoms with van der Waals surface area (Å²) < 4.78 is 14.2. The van der Waals surface area contributed by atoms with Gasteiger partial charge in [0.1, 0.15) is 10.8 Å². The number of halogens is 1. The fraction of sp³-hybridized carbons (Fsp3) is 0. The number of rotatable bonds is 4. The van der Waals surface area contributed by atoms with E-state index in [9.17, 15) is 9.18 Å². The molecule has 2 heterocycles.